The van der Waals surface area contributed by atoms with Crippen LogP contribution in [0.4, 0.5) is 0 Å². The van der Waals surface area contributed by atoms with Crippen molar-refractivity contribution in [3.8, 4) is 11.4 Å². The highest BCUT2D eigenvalue weighted by Crippen LogP contribution is 2.22. The Balaban J connectivity index is 2.18. The number of H-pyrrole nitrogens is 1. The molecule has 0 atom stereocenters. The molecule has 0 aliphatic heterocycles. The van der Waals surface area contributed by atoms with Gasteiger partial charge in [-0.2, -0.15) is 0 Å². The Bertz CT molecular complexity index is 426. The second kappa shape index (κ2) is 3.79. The summed E-state index contributed by atoms with van der Waals surface area (Å²) in [6.45, 7) is 3.59. The summed E-state index contributed by atoms with van der Waals surface area (Å²) in [5, 5.41) is 12.6. The number of nitrogens with zero attached hydrogens (tertiary/aromatic N) is 1. The van der Waals surface area contributed by atoms with Crippen LogP contribution in [0.3, 0.4) is 0 Å². The first-order chi connectivity index (χ1) is 7.04. The van der Waals surface area contributed by atoms with Crippen molar-refractivity contribution in [1.29, 1.82) is 0 Å². The molecule has 0 radical (unpaired) electrons. The van der Waals surface area contributed by atoms with Gasteiger partial charge in [0.25, 0.3) is 0 Å². The molecule has 0 aliphatic carbocycles. The van der Waals surface area contributed by atoms with Crippen LogP contribution in [0.5, 0.6) is 0 Å². The molecule has 80 valence electrons. The number of rotatable bonds is 3. The number of aromatic amines is 1. The minimum Gasteiger partial charge on any atom is -0.390 e. The molecule has 0 saturated carbocycles. The van der Waals surface area contributed by atoms with Gasteiger partial charge >= 0.3 is 0 Å². The molecule has 0 unspecified atom stereocenters. The largest absolute Gasteiger partial charge is 0.390 e. The van der Waals surface area contributed by atoms with E-state index in [1.807, 2.05) is 23.7 Å². The second-order valence-electron chi connectivity index (χ2n) is 4.20. The predicted octanol–water partition coefficient (Wildman–Crippen LogP) is 2.45. The summed E-state index contributed by atoms with van der Waals surface area (Å²) in [6.07, 6.45) is 2.47. The van der Waals surface area contributed by atoms with E-state index in [9.17, 15) is 5.11 Å². The first-order valence-electron chi connectivity index (χ1n) is 4.85. The lowest BCUT2D eigenvalue weighted by atomic mass is 10.1. The van der Waals surface area contributed by atoms with Crippen molar-refractivity contribution in [3.05, 3.63) is 28.7 Å². The fraction of sp³-hybridized carbons (Fsp3) is 0.364. The number of aliphatic hydroxyl groups is 1. The second-order valence-corrected chi connectivity index (χ2v) is 5.14. The van der Waals surface area contributed by atoms with Crippen molar-refractivity contribution in [1.82, 2.24) is 9.97 Å². The summed E-state index contributed by atoms with van der Waals surface area (Å²) in [6, 6.07) is 3.94. The fourth-order valence-corrected chi connectivity index (χ4v) is 2.39. The summed E-state index contributed by atoms with van der Waals surface area (Å²) < 4.78 is 0. The molecule has 0 fully saturated rings. The highest BCUT2D eigenvalue weighted by atomic mass is 32.1. The minimum absolute atomic E-state index is 0.596. The SMILES string of the molecule is CC(C)(O)Cc1nc(-c2ccc[nH]2)cs1. The third kappa shape index (κ3) is 2.67. The van der Waals surface area contributed by atoms with E-state index in [0.717, 1.165) is 16.4 Å². The van der Waals surface area contributed by atoms with E-state index in [1.54, 1.807) is 25.2 Å². The van der Waals surface area contributed by atoms with Crippen LogP contribution >= 0.6 is 11.3 Å². The van der Waals surface area contributed by atoms with Crippen molar-refractivity contribution >= 4 is 11.3 Å². The number of hydrogen-bond acceptors (Lipinski definition) is 3. The average Bonchev–Trinajstić information content (AvgIpc) is 2.68. The molecule has 15 heavy (non-hydrogen) atoms. The third-order valence-corrected chi connectivity index (χ3v) is 2.86. The van der Waals surface area contributed by atoms with Crippen LogP contribution in [-0.2, 0) is 6.42 Å². The Morgan fingerprint density at radius 2 is 2.33 bits per heavy atom. The highest BCUT2D eigenvalue weighted by molar-refractivity contribution is 7.09. The smallest absolute Gasteiger partial charge is 0.0976 e. The van der Waals surface area contributed by atoms with Gasteiger partial charge in [-0.1, -0.05) is 0 Å². The van der Waals surface area contributed by atoms with Crippen molar-refractivity contribution in [2.24, 2.45) is 0 Å². The molecular formula is C11H14N2OS. The van der Waals surface area contributed by atoms with Crippen molar-refractivity contribution in [3.63, 3.8) is 0 Å². The zero-order chi connectivity index (χ0) is 10.9. The van der Waals surface area contributed by atoms with Gasteiger partial charge in [0, 0.05) is 18.0 Å². The van der Waals surface area contributed by atoms with E-state index in [1.165, 1.54) is 0 Å². The standard InChI is InChI=1S/C11H14N2OS/c1-11(2,14)6-10-13-9(7-15-10)8-4-3-5-12-8/h3-5,7,12,14H,6H2,1-2H3. The van der Waals surface area contributed by atoms with Crippen LogP contribution in [-0.4, -0.2) is 20.7 Å². The van der Waals surface area contributed by atoms with Gasteiger partial charge in [-0.05, 0) is 26.0 Å². The predicted molar refractivity (Wildman–Crippen MR) is 61.9 cm³/mol. The molecule has 2 aromatic heterocycles. The van der Waals surface area contributed by atoms with E-state index < -0.39 is 5.60 Å². The van der Waals surface area contributed by atoms with Gasteiger partial charge in [0.1, 0.15) is 0 Å². The van der Waals surface area contributed by atoms with E-state index in [2.05, 4.69) is 9.97 Å². The molecule has 3 nitrogen and oxygen atoms in total. The van der Waals surface area contributed by atoms with Crippen LogP contribution in [0.1, 0.15) is 18.9 Å². The molecular weight excluding hydrogens is 208 g/mol. The summed E-state index contributed by atoms with van der Waals surface area (Å²) in [5.74, 6) is 0. The first-order valence-corrected chi connectivity index (χ1v) is 5.73. The maximum Gasteiger partial charge on any atom is 0.0976 e. The molecule has 0 aliphatic rings. The zero-order valence-electron chi connectivity index (χ0n) is 8.82. The molecule has 4 heteroatoms. The van der Waals surface area contributed by atoms with Crippen molar-refractivity contribution in [2.45, 2.75) is 25.9 Å². The number of thiazole rings is 1. The summed E-state index contributed by atoms with van der Waals surface area (Å²) in [4.78, 5) is 7.58. The van der Waals surface area contributed by atoms with Gasteiger partial charge in [0.15, 0.2) is 0 Å². The monoisotopic (exact) mass is 222 g/mol. The van der Waals surface area contributed by atoms with Gasteiger partial charge in [-0.15, -0.1) is 11.3 Å². The van der Waals surface area contributed by atoms with Crippen LogP contribution in [0.25, 0.3) is 11.4 Å². The van der Waals surface area contributed by atoms with Gasteiger partial charge < -0.3 is 10.1 Å². The topological polar surface area (TPSA) is 48.9 Å². The van der Waals surface area contributed by atoms with Crippen LogP contribution in [0.2, 0.25) is 0 Å². The summed E-state index contributed by atoms with van der Waals surface area (Å²) in [5.41, 5.74) is 1.28. The van der Waals surface area contributed by atoms with E-state index >= 15 is 0 Å². The van der Waals surface area contributed by atoms with E-state index in [4.69, 9.17) is 0 Å². The molecule has 2 aromatic rings. The number of hydrogen-bond donors (Lipinski definition) is 2. The minimum atomic E-state index is -0.690. The maximum absolute atomic E-state index is 9.67. The molecule has 0 bridgehead atoms. The van der Waals surface area contributed by atoms with E-state index in [-0.39, 0.29) is 0 Å². The van der Waals surface area contributed by atoms with Gasteiger partial charge in [-0.3, -0.25) is 0 Å². The Labute approximate surface area is 92.8 Å². The fourth-order valence-electron chi connectivity index (χ4n) is 1.38. The first kappa shape index (κ1) is 10.4. The third-order valence-electron chi connectivity index (χ3n) is 2.01. The average molecular weight is 222 g/mol. The molecule has 0 spiro atoms. The highest BCUT2D eigenvalue weighted by Gasteiger charge is 2.16. The maximum atomic E-state index is 9.67. The lowest BCUT2D eigenvalue weighted by Gasteiger charge is -2.14. The molecule has 0 saturated heterocycles. The zero-order valence-corrected chi connectivity index (χ0v) is 9.64. The number of nitrogens with one attached hydrogen (secondary N) is 1. The van der Waals surface area contributed by atoms with Crippen LogP contribution < -0.4 is 0 Å². The van der Waals surface area contributed by atoms with E-state index in [0.29, 0.717) is 6.42 Å². The molecule has 0 amide bonds. The van der Waals surface area contributed by atoms with Gasteiger partial charge in [-0.25, -0.2) is 4.98 Å². The quantitative estimate of drug-likeness (QED) is 0.838. The van der Waals surface area contributed by atoms with Crippen molar-refractivity contribution in [2.75, 3.05) is 0 Å². The molecule has 2 rings (SSSR count). The Kier molecular flexibility index (Phi) is 2.63. The molecule has 2 N–H and O–H groups in total. The number of aromatic nitrogens is 2. The Morgan fingerprint density at radius 3 is 2.93 bits per heavy atom. The van der Waals surface area contributed by atoms with Gasteiger partial charge in [0.2, 0.25) is 0 Å². The van der Waals surface area contributed by atoms with Crippen LogP contribution in [0, 0.1) is 0 Å². The normalized spacial score (nSPS) is 11.9. The summed E-state index contributed by atoms with van der Waals surface area (Å²) in [7, 11) is 0. The van der Waals surface area contributed by atoms with Crippen LogP contribution in [0.15, 0.2) is 23.7 Å². The molecule has 2 heterocycles. The van der Waals surface area contributed by atoms with Gasteiger partial charge in [0.05, 0.1) is 22.0 Å². The molecule has 0 aromatic carbocycles. The van der Waals surface area contributed by atoms with Crippen molar-refractivity contribution < 1.29 is 5.11 Å². The Morgan fingerprint density at radius 1 is 1.53 bits per heavy atom. The Hall–Kier alpha value is -1.13. The summed E-state index contributed by atoms with van der Waals surface area (Å²) >= 11 is 1.58. The lowest BCUT2D eigenvalue weighted by molar-refractivity contribution is 0.0809. The lowest BCUT2D eigenvalue weighted by Crippen LogP contribution is -2.21.